The van der Waals surface area contributed by atoms with Crippen LogP contribution < -0.4 is 0 Å². The molecule has 98 valence electrons. The molecule has 2 heterocycles. The van der Waals surface area contributed by atoms with E-state index in [1.54, 1.807) is 24.3 Å². The molecule has 0 aromatic carbocycles. The van der Waals surface area contributed by atoms with Gasteiger partial charge in [0.05, 0.1) is 15.5 Å². The van der Waals surface area contributed by atoms with E-state index in [-0.39, 0.29) is 12.4 Å². The first-order valence-electron chi connectivity index (χ1n) is 5.32. The highest BCUT2D eigenvalue weighted by Gasteiger charge is 2.10. The van der Waals surface area contributed by atoms with E-state index in [1.165, 1.54) is 18.4 Å². The first kappa shape index (κ1) is 13.6. The van der Waals surface area contributed by atoms with E-state index in [9.17, 15) is 9.59 Å². The van der Waals surface area contributed by atoms with Crippen LogP contribution in [0.2, 0.25) is 4.34 Å². The van der Waals surface area contributed by atoms with Crippen molar-refractivity contribution in [3.8, 4) is 0 Å². The fraction of sp³-hybridized carbons (Fsp3) is 0.0769. The first-order chi connectivity index (χ1) is 9.15. The normalized spacial score (nSPS) is 10.8. The number of hydrogen-bond acceptors (Lipinski definition) is 5. The lowest BCUT2D eigenvalue weighted by atomic mass is 10.3. The van der Waals surface area contributed by atoms with Gasteiger partial charge in [0, 0.05) is 6.08 Å². The number of ketones is 1. The van der Waals surface area contributed by atoms with E-state index in [0.29, 0.717) is 15.0 Å². The maximum Gasteiger partial charge on any atom is 0.331 e. The van der Waals surface area contributed by atoms with Crippen molar-refractivity contribution in [2.45, 2.75) is 0 Å². The number of ether oxygens (including phenoxy) is 1. The van der Waals surface area contributed by atoms with Crippen molar-refractivity contribution in [1.29, 1.82) is 0 Å². The van der Waals surface area contributed by atoms with Gasteiger partial charge in [-0.3, -0.25) is 4.79 Å². The summed E-state index contributed by atoms with van der Waals surface area (Å²) in [4.78, 5) is 23.4. The minimum Gasteiger partial charge on any atom is -0.465 e. The molecule has 0 fully saturated rings. The van der Waals surface area contributed by atoms with Gasteiger partial charge in [0.2, 0.25) is 5.78 Å². The van der Waals surface area contributed by atoms with Gasteiger partial charge in [0.15, 0.2) is 6.61 Å². The van der Waals surface area contributed by atoms with Crippen LogP contribution in [0.25, 0.3) is 6.08 Å². The van der Waals surface area contributed by atoms with Crippen LogP contribution in [0.15, 0.2) is 41.0 Å². The Bertz CT molecular complexity index is 598. The number of hydrogen-bond donors (Lipinski definition) is 0. The zero-order valence-electron chi connectivity index (χ0n) is 9.67. The molecular formula is C13H9ClO4S. The molecule has 0 aliphatic rings. The SMILES string of the molecule is O=C(C=Cc1ccco1)OCC(=O)c1ccc(Cl)s1. The highest BCUT2D eigenvalue weighted by atomic mass is 35.5. The number of esters is 1. The minimum absolute atomic E-state index is 0.281. The second-order valence-electron chi connectivity index (χ2n) is 3.48. The molecule has 0 aliphatic carbocycles. The van der Waals surface area contributed by atoms with Gasteiger partial charge in [0.1, 0.15) is 5.76 Å². The molecule has 6 heteroatoms. The predicted octanol–water partition coefficient (Wildman–Crippen LogP) is 3.43. The van der Waals surface area contributed by atoms with Crippen molar-refractivity contribution >= 4 is 40.8 Å². The van der Waals surface area contributed by atoms with Gasteiger partial charge in [-0.05, 0) is 30.3 Å². The van der Waals surface area contributed by atoms with Gasteiger partial charge in [-0.1, -0.05) is 11.6 Å². The Balaban J connectivity index is 1.82. The molecule has 0 radical (unpaired) electrons. The molecule has 4 nitrogen and oxygen atoms in total. The van der Waals surface area contributed by atoms with Crippen LogP contribution in [-0.4, -0.2) is 18.4 Å². The zero-order chi connectivity index (χ0) is 13.7. The first-order valence-corrected chi connectivity index (χ1v) is 6.51. The number of thiophene rings is 1. The third kappa shape index (κ3) is 4.08. The van der Waals surface area contributed by atoms with E-state index >= 15 is 0 Å². The number of halogens is 1. The summed E-state index contributed by atoms with van der Waals surface area (Å²) in [5.41, 5.74) is 0. The van der Waals surface area contributed by atoms with Crippen molar-refractivity contribution in [2.24, 2.45) is 0 Å². The van der Waals surface area contributed by atoms with E-state index in [0.717, 1.165) is 11.3 Å². The zero-order valence-corrected chi connectivity index (χ0v) is 11.2. The Hall–Kier alpha value is -1.85. The maximum atomic E-state index is 11.6. The van der Waals surface area contributed by atoms with E-state index in [1.807, 2.05) is 0 Å². The average Bonchev–Trinajstić information content (AvgIpc) is 3.04. The van der Waals surface area contributed by atoms with Gasteiger partial charge >= 0.3 is 5.97 Å². The van der Waals surface area contributed by atoms with Gasteiger partial charge < -0.3 is 9.15 Å². The van der Waals surface area contributed by atoms with Gasteiger partial charge in [-0.15, -0.1) is 11.3 Å². The molecule has 0 saturated carbocycles. The number of Topliss-reactive ketones (excluding diaryl/α,β-unsaturated/α-hetero) is 1. The molecule has 2 aromatic rings. The summed E-state index contributed by atoms with van der Waals surface area (Å²) in [5.74, 6) is -0.350. The lowest BCUT2D eigenvalue weighted by Crippen LogP contribution is -2.11. The lowest BCUT2D eigenvalue weighted by molar-refractivity contribution is -0.136. The molecule has 0 spiro atoms. The third-order valence-corrected chi connectivity index (χ3v) is 3.39. The molecule has 0 unspecified atom stereocenters. The monoisotopic (exact) mass is 296 g/mol. The average molecular weight is 297 g/mol. The molecule has 0 aliphatic heterocycles. The minimum atomic E-state index is -0.604. The quantitative estimate of drug-likeness (QED) is 0.482. The second kappa shape index (κ2) is 6.36. The number of carbonyl (C=O) groups excluding carboxylic acids is 2. The van der Waals surface area contributed by atoms with Crippen LogP contribution in [0.4, 0.5) is 0 Å². The summed E-state index contributed by atoms with van der Waals surface area (Å²) in [7, 11) is 0. The van der Waals surface area contributed by atoms with Gasteiger partial charge in [0.25, 0.3) is 0 Å². The van der Waals surface area contributed by atoms with Crippen LogP contribution in [0.5, 0.6) is 0 Å². The highest BCUT2D eigenvalue weighted by Crippen LogP contribution is 2.21. The lowest BCUT2D eigenvalue weighted by Gasteiger charge is -1.98. The summed E-state index contributed by atoms with van der Waals surface area (Å²) in [6, 6.07) is 6.62. The molecular weight excluding hydrogens is 288 g/mol. The molecule has 0 amide bonds. The Morgan fingerprint density at radius 3 is 2.84 bits per heavy atom. The molecule has 19 heavy (non-hydrogen) atoms. The van der Waals surface area contributed by atoms with Gasteiger partial charge in [-0.25, -0.2) is 4.79 Å². The highest BCUT2D eigenvalue weighted by molar-refractivity contribution is 7.18. The summed E-state index contributed by atoms with van der Waals surface area (Å²) in [6.45, 7) is -0.307. The standard InChI is InChI=1S/C13H9ClO4S/c14-12-5-4-11(19-12)10(15)8-18-13(16)6-3-9-2-1-7-17-9/h1-7H,8H2. The van der Waals surface area contributed by atoms with Crippen LogP contribution >= 0.6 is 22.9 Å². The smallest absolute Gasteiger partial charge is 0.331 e. The van der Waals surface area contributed by atoms with Crippen LogP contribution in [0, 0.1) is 0 Å². The maximum absolute atomic E-state index is 11.6. The van der Waals surface area contributed by atoms with E-state index in [4.69, 9.17) is 20.8 Å². The largest absolute Gasteiger partial charge is 0.465 e. The van der Waals surface area contributed by atoms with Crippen molar-refractivity contribution in [3.05, 3.63) is 51.6 Å². The summed E-state index contributed by atoms with van der Waals surface area (Å²) >= 11 is 6.86. The fourth-order valence-corrected chi connectivity index (χ4v) is 2.22. The molecule has 2 rings (SSSR count). The second-order valence-corrected chi connectivity index (χ2v) is 5.20. The number of carbonyl (C=O) groups is 2. The summed E-state index contributed by atoms with van der Waals surface area (Å²) in [5, 5.41) is 0. The van der Waals surface area contributed by atoms with Crippen molar-refractivity contribution in [3.63, 3.8) is 0 Å². The molecule has 0 N–H and O–H groups in total. The molecule has 0 atom stereocenters. The predicted molar refractivity (Wildman–Crippen MR) is 72.4 cm³/mol. The number of rotatable bonds is 5. The Morgan fingerprint density at radius 1 is 1.37 bits per heavy atom. The molecule has 0 bridgehead atoms. The van der Waals surface area contributed by atoms with E-state index in [2.05, 4.69) is 0 Å². The van der Waals surface area contributed by atoms with Gasteiger partial charge in [-0.2, -0.15) is 0 Å². The Morgan fingerprint density at radius 2 is 2.21 bits per heavy atom. The summed E-state index contributed by atoms with van der Waals surface area (Å²) < 4.78 is 10.3. The fourth-order valence-electron chi connectivity index (χ4n) is 1.26. The Labute approximate surface area is 118 Å². The number of furan rings is 1. The summed E-state index contributed by atoms with van der Waals surface area (Å²) in [6.07, 6.45) is 4.16. The van der Waals surface area contributed by atoms with Crippen LogP contribution in [-0.2, 0) is 9.53 Å². The third-order valence-electron chi connectivity index (χ3n) is 2.12. The van der Waals surface area contributed by atoms with Crippen LogP contribution in [0.3, 0.4) is 0 Å². The van der Waals surface area contributed by atoms with E-state index < -0.39 is 5.97 Å². The topological polar surface area (TPSA) is 56.5 Å². The van der Waals surface area contributed by atoms with Crippen molar-refractivity contribution in [1.82, 2.24) is 0 Å². The van der Waals surface area contributed by atoms with Crippen molar-refractivity contribution in [2.75, 3.05) is 6.61 Å². The van der Waals surface area contributed by atoms with Crippen molar-refractivity contribution < 1.29 is 18.7 Å². The van der Waals surface area contributed by atoms with Crippen LogP contribution in [0.1, 0.15) is 15.4 Å². The molecule has 0 saturated heterocycles. The Kier molecular flexibility index (Phi) is 4.54. The molecule has 2 aromatic heterocycles.